The summed E-state index contributed by atoms with van der Waals surface area (Å²) in [4.78, 5) is 10.9. The fourth-order valence-electron chi connectivity index (χ4n) is 1.40. The summed E-state index contributed by atoms with van der Waals surface area (Å²) in [6.45, 7) is 4.47. The number of esters is 1. The molecule has 0 aliphatic rings. The van der Waals surface area contributed by atoms with Gasteiger partial charge in [0.05, 0.1) is 6.61 Å². The lowest BCUT2D eigenvalue weighted by atomic mass is 9.98. The highest BCUT2D eigenvalue weighted by Gasteiger charge is 2.05. The second kappa shape index (κ2) is 6.23. The number of rotatable bonds is 5. The molecule has 1 unspecified atom stereocenters. The van der Waals surface area contributed by atoms with E-state index in [0.717, 1.165) is 6.42 Å². The van der Waals surface area contributed by atoms with E-state index < -0.39 is 0 Å². The second-order valence-electron chi connectivity index (χ2n) is 3.67. The maximum Gasteiger partial charge on any atom is 0.305 e. The van der Waals surface area contributed by atoms with Gasteiger partial charge in [-0.15, -0.1) is 0 Å². The molecule has 0 amide bonds. The average molecular weight is 206 g/mol. The average Bonchev–Trinajstić information content (AvgIpc) is 2.29. The van der Waals surface area contributed by atoms with E-state index in [1.807, 2.05) is 25.1 Å². The summed E-state index contributed by atoms with van der Waals surface area (Å²) in [5.74, 6) is 0.325. The number of hydrogen-bond donors (Lipinski definition) is 0. The van der Waals surface area contributed by atoms with Crippen LogP contribution in [-0.4, -0.2) is 12.6 Å². The topological polar surface area (TPSA) is 26.3 Å². The van der Waals surface area contributed by atoms with Crippen LogP contribution in [0.4, 0.5) is 0 Å². The van der Waals surface area contributed by atoms with Crippen molar-refractivity contribution in [3.8, 4) is 0 Å². The van der Waals surface area contributed by atoms with Gasteiger partial charge in [0.1, 0.15) is 0 Å². The van der Waals surface area contributed by atoms with Crippen molar-refractivity contribution in [1.82, 2.24) is 0 Å². The monoisotopic (exact) mass is 206 g/mol. The minimum atomic E-state index is -0.115. The molecule has 2 nitrogen and oxygen atoms in total. The number of benzene rings is 1. The van der Waals surface area contributed by atoms with Gasteiger partial charge in [0.15, 0.2) is 0 Å². The fourth-order valence-corrected chi connectivity index (χ4v) is 1.40. The molecule has 1 aromatic rings. The second-order valence-corrected chi connectivity index (χ2v) is 3.67. The molecule has 0 saturated heterocycles. The molecule has 1 aromatic carbocycles. The minimum Gasteiger partial charge on any atom is -0.466 e. The van der Waals surface area contributed by atoms with Crippen molar-refractivity contribution in [1.29, 1.82) is 0 Å². The number of carbonyl (C=O) groups excluding carboxylic acids is 1. The van der Waals surface area contributed by atoms with Gasteiger partial charge < -0.3 is 4.74 Å². The van der Waals surface area contributed by atoms with E-state index in [1.165, 1.54) is 5.56 Å². The normalized spacial score (nSPS) is 12.1. The van der Waals surface area contributed by atoms with Gasteiger partial charge in [-0.05, 0) is 17.9 Å². The molecule has 82 valence electrons. The number of ether oxygens (including phenoxy) is 1. The van der Waals surface area contributed by atoms with Gasteiger partial charge in [0.25, 0.3) is 0 Å². The van der Waals surface area contributed by atoms with E-state index >= 15 is 0 Å². The lowest BCUT2D eigenvalue weighted by Gasteiger charge is -2.11. The van der Waals surface area contributed by atoms with E-state index in [9.17, 15) is 4.79 Å². The Labute approximate surface area is 91.3 Å². The Bertz CT molecular complexity index is 293. The van der Waals surface area contributed by atoms with Crippen molar-refractivity contribution in [2.24, 2.45) is 0 Å². The predicted octanol–water partition coefficient (Wildman–Crippen LogP) is 3.13. The first-order valence-electron chi connectivity index (χ1n) is 5.44. The standard InChI is InChI=1S/C13H18O2/c1-3-13(14)15-10-9-11(2)12-7-5-4-6-8-12/h4-8,11H,3,9-10H2,1-2H3. The van der Waals surface area contributed by atoms with Gasteiger partial charge in [-0.2, -0.15) is 0 Å². The molecule has 15 heavy (non-hydrogen) atoms. The Morgan fingerprint density at radius 1 is 1.33 bits per heavy atom. The highest BCUT2D eigenvalue weighted by atomic mass is 16.5. The summed E-state index contributed by atoms with van der Waals surface area (Å²) in [5.41, 5.74) is 1.30. The third kappa shape index (κ3) is 4.15. The summed E-state index contributed by atoms with van der Waals surface area (Å²) >= 11 is 0. The first-order chi connectivity index (χ1) is 7.24. The molecular formula is C13H18O2. The third-order valence-electron chi connectivity index (χ3n) is 2.47. The number of hydrogen-bond acceptors (Lipinski definition) is 2. The molecule has 0 saturated carbocycles. The van der Waals surface area contributed by atoms with Crippen molar-refractivity contribution in [3.05, 3.63) is 35.9 Å². The van der Waals surface area contributed by atoms with Crippen molar-refractivity contribution in [2.75, 3.05) is 6.61 Å². The highest BCUT2D eigenvalue weighted by Crippen LogP contribution is 2.18. The third-order valence-corrected chi connectivity index (χ3v) is 2.47. The molecule has 0 radical (unpaired) electrons. The summed E-state index contributed by atoms with van der Waals surface area (Å²) in [7, 11) is 0. The van der Waals surface area contributed by atoms with Gasteiger partial charge in [-0.1, -0.05) is 44.2 Å². The molecule has 0 spiro atoms. The maximum absolute atomic E-state index is 10.9. The zero-order valence-corrected chi connectivity index (χ0v) is 9.40. The molecule has 0 N–H and O–H groups in total. The van der Waals surface area contributed by atoms with Crippen molar-refractivity contribution in [3.63, 3.8) is 0 Å². The Morgan fingerprint density at radius 2 is 2.00 bits per heavy atom. The van der Waals surface area contributed by atoms with Crippen LogP contribution in [0, 0.1) is 0 Å². The number of carbonyl (C=O) groups is 1. The fraction of sp³-hybridized carbons (Fsp3) is 0.462. The lowest BCUT2D eigenvalue weighted by molar-refractivity contribution is -0.143. The van der Waals surface area contributed by atoms with Crippen LogP contribution in [0.2, 0.25) is 0 Å². The molecule has 2 heteroatoms. The van der Waals surface area contributed by atoms with E-state index in [4.69, 9.17) is 4.74 Å². The van der Waals surface area contributed by atoms with Crippen LogP contribution in [0.5, 0.6) is 0 Å². The van der Waals surface area contributed by atoms with Crippen molar-refractivity contribution in [2.45, 2.75) is 32.6 Å². The van der Waals surface area contributed by atoms with Gasteiger partial charge in [0.2, 0.25) is 0 Å². The van der Waals surface area contributed by atoms with Crippen molar-refractivity contribution < 1.29 is 9.53 Å². The van der Waals surface area contributed by atoms with E-state index in [2.05, 4.69) is 19.1 Å². The van der Waals surface area contributed by atoms with Gasteiger partial charge in [-0.25, -0.2) is 0 Å². The predicted molar refractivity (Wildman–Crippen MR) is 60.7 cm³/mol. The largest absolute Gasteiger partial charge is 0.466 e. The molecule has 0 heterocycles. The first-order valence-corrected chi connectivity index (χ1v) is 5.44. The Morgan fingerprint density at radius 3 is 2.60 bits per heavy atom. The zero-order chi connectivity index (χ0) is 11.1. The SMILES string of the molecule is CCC(=O)OCCC(C)c1ccccc1. The van der Waals surface area contributed by atoms with E-state index in [1.54, 1.807) is 0 Å². The molecule has 1 rings (SSSR count). The van der Waals surface area contributed by atoms with E-state index in [-0.39, 0.29) is 5.97 Å². The summed E-state index contributed by atoms with van der Waals surface area (Å²) in [6, 6.07) is 10.3. The van der Waals surface area contributed by atoms with Crippen LogP contribution in [-0.2, 0) is 9.53 Å². The molecule has 1 atom stereocenters. The van der Waals surface area contributed by atoms with Gasteiger partial charge in [-0.3, -0.25) is 4.79 Å². The smallest absolute Gasteiger partial charge is 0.305 e. The Hall–Kier alpha value is -1.31. The van der Waals surface area contributed by atoms with Crippen LogP contribution in [0.15, 0.2) is 30.3 Å². The summed E-state index contributed by atoms with van der Waals surface area (Å²) < 4.78 is 5.04. The van der Waals surface area contributed by atoms with Gasteiger partial charge >= 0.3 is 5.97 Å². The Kier molecular flexibility index (Phi) is 4.88. The van der Waals surface area contributed by atoms with Crippen LogP contribution in [0.3, 0.4) is 0 Å². The summed E-state index contributed by atoms with van der Waals surface area (Å²) in [6.07, 6.45) is 1.34. The van der Waals surface area contributed by atoms with Crippen LogP contribution < -0.4 is 0 Å². The Balaban J connectivity index is 2.31. The molecule has 0 aliphatic heterocycles. The van der Waals surface area contributed by atoms with Crippen molar-refractivity contribution >= 4 is 5.97 Å². The maximum atomic E-state index is 10.9. The zero-order valence-electron chi connectivity index (χ0n) is 9.40. The quantitative estimate of drug-likeness (QED) is 0.692. The molecule has 0 aromatic heterocycles. The molecular weight excluding hydrogens is 188 g/mol. The molecule has 0 aliphatic carbocycles. The lowest BCUT2D eigenvalue weighted by Crippen LogP contribution is -2.06. The molecule has 0 bridgehead atoms. The first kappa shape index (κ1) is 11.8. The van der Waals surface area contributed by atoms with E-state index in [0.29, 0.717) is 18.9 Å². The van der Waals surface area contributed by atoms with Gasteiger partial charge in [0, 0.05) is 6.42 Å². The van der Waals surface area contributed by atoms with Crippen LogP contribution in [0.1, 0.15) is 38.2 Å². The van der Waals surface area contributed by atoms with Crippen LogP contribution in [0.25, 0.3) is 0 Å². The highest BCUT2D eigenvalue weighted by molar-refractivity contribution is 5.68. The van der Waals surface area contributed by atoms with Crippen LogP contribution >= 0.6 is 0 Å². The summed E-state index contributed by atoms with van der Waals surface area (Å²) in [5, 5.41) is 0. The minimum absolute atomic E-state index is 0.115. The molecule has 0 fully saturated rings.